The molecule has 0 saturated carbocycles. The van der Waals surface area contributed by atoms with Gasteiger partial charge in [-0.15, -0.1) is 0 Å². The largest absolute Gasteiger partial charge is 0.469 e. The summed E-state index contributed by atoms with van der Waals surface area (Å²) in [4.78, 5) is 23.0. The van der Waals surface area contributed by atoms with E-state index in [-0.39, 0.29) is 18.0 Å². The van der Waals surface area contributed by atoms with E-state index in [1.165, 1.54) is 7.11 Å². The SMILES string of the molecule is CCOC(=O)C1(CC(C)C(=O)OC)OC1C. The number of methoxy groups -OCH3 is 1. The van der Waals surface area contributed by atoms with Gasteiger partial charge in [-0.3, -0.25) is 4.79 Å². The molecule has 1 aliphatic rings. The highest BCUT2D eigenvalue weighted by molar-refractivity contribution is 5.84. The standard InChI is InChI=1S/C11H18O5/c1-5-15-10(13)11(8(3)16-11)6-7(2)9(12)14-4/h7-8H,5-6H2,1-4H3. The van der Waals surface area contributed by atoms with Crippen molar-refractivity contribution in [2.24, 2.45) is 5.92 Å². The molecule has 0 amide bonds. The van der Waals surface area contributed by atoms with Crippen molar-refractivity contribution in [3.8, 4) is 0 Å². The van der Waals surface area contributed by atoms with Gasteiger partial charge in [-0.25, -0.2) is 4.79 Å². The Labute approximate surface area is 95.0 Å². The summed E-state index contributed by atoms with van der Waals surface area (Å²) in [6.45, 7) is 5.55. The predicted octanol–water partition coefficient (Wildman–Crippen LogP) is 0.906. The fourth-order valence-electron chi connectivity index (χ4n) is 1.79. The molecule has 0 aromatic rings. The lowest BCUT2D eigenvalue weighted by Gasteiger charge is -2.15. The number of esters is 2. The molecule has 0 aromatic carbocycles. The molecule has 0 N–H and O–H groups in total. The Hall–Kier alpha value is -1.10. The van der Waals surface area contributed by atoms with Gasteiger partial charge in [0.2, 0.25) is 0 Å². The minimum absolute atomic E-state index is 0.196. The van der Waals surface area contributed by atoms with Crippen molar-refractivity contribution in [2.75, 3.05) is 13.7 Å². The van der Waals surface area contributed by atoms with Crippen LogP contribution in [0.5, 0.6) is 0 Å². The van der Waals surface area contributed by atoms with Crippen molar-refractivity contribution in [3.63, 3.8) is 0 Å². The van der Waals surface area contributed by atoms with Crippen LogP contribution in [0, 0.1) is 5.92 Å². The monoisotopic (exact) mass is 230 g/mol. The van der Waals surface area contributed by atoms with Gasteiger partial charge < -0.3 is 14.2 Å². The van der Waals surface area contributed by atoms with Crippen LogP contribution in [0.15, 0.2) is 0 Å². The molecule has 1 fully saturated rings. The van der Waals surface area contributed by atoms with Crippen LogP contribution in [-0.4, -0.2) is 37.4 Å². The van der Waals surface area contributed by atoms with Gasteiger partial charge in [-0.1, -0.05) is 6.92 Å². The van der Waals surface area contributed by atoms with Crippen LogP contribution >= 0.6 is 0 Å². The van der Waals surface area contributed by atoms with E-state index in [0.29, 0.717) is 13.0 Å². The van der Waals surface area contributed by atoms with Gasteiger partial charge >= 0.3 is 11.9 Å². The van der Waals surface area contributed by atoms with Gasteiger partial charge in [0.15, 0.2) is 5.60 Å². The third-order valence-electron chi connectivity index (χ3n) is 2.82. The number of ether oxygens (including phenoxy) is 3. The van der Waals surface area contributed by atoms with Crippen LogP contribution in [0.4, 0.5) is 0 Å². The van der Waals surface area contributed by atoms with Gasteiger partial charge in [0.05, 0.1) is 25.7 Å². The molecule has 0 spiro atoms. The summed E-state index contributed by atoms with van der Waals surface area (Å²) in [6.07, 6.45) is 0.110. The molecule has 5 heteroatoms. The Morgan fingerprint density at radius 3 is 2.44 bits per heavy atom. The quantitative estimate of drug-likeness (QED) is 0.518. The molecule has 16 heavy (non-hydrogen) atoms. The molecule has 5 nitrogen and oxygen atoms in total. The first-order valence-electron chi connectivity index (χ1n) is 5.40. The van der Waals surface area contributed by atoms with Gasteiger partial charge in [0.25, 0.3) is 0 Å². The lowest BCUT2D eigenvalue weighted by atomic mass is 9.93. The molecule has 1 heterocycles. The molecule has 1 aliphatic heterocycles. The summed E-state index contributed by atoms with van der Waals surface area (Å²) in [5.41, 5.74) is -0.941. The van der Waals surface area contributed by atoms with E-state index in [0.717, 1.165) is 0 Å². The summed E-state index contributed by atoms with van der Waals surface area (Å²) in [6, 6.07) is 0. The fraction of sp³-hybridized carbons (Fsp3) is 0.818. The average molecular weight is 230 g/mol. The van der Waals surface area contributed by atoms with Crippen molar-refractivity contribution in [3.05, 3.63) is 0 Å². The number of hydrogen-bond acceptors (Lipinski definition) is 5. The molecule has 0 bridgehead atoms. The number of carbonyl (C=O) groups excluding carboxylic acids is 2. The highest BCUT2D eigenvalue weighted by Gasteiger charge is 2.62. The van der Waals surface area contributed by atoms with Crippen LogP contribution in [0.25, 0.3) is 0 Å². The fourth-order valence-corrected chi connectivity index (χ4v) is 1.79. The molecule has 92 valence electrons. The van der Waals surface area contributed by atoms with Crippen molar-refractivity contribution < 1.29 is 23.8 Å². The highest BCUT2D eigenvalue weighted by atomic mass is 16.7. The molecule has 0 radical (unpaired) electrons. The van der Waals surface area contributed by atoms with E-state index in [1.54, 1.807) is 20.8 Å². The summed E-state index contributed by atoms with van der Waals surface area (Å²) in [5.74, 6) is -1.11. The van der Waals surface area contributed by atoms with Crippen LogP contribution in [0.2, 0.25) is 0 Å². The molecule has 0 aromatic heterocycles. The van der Waals surface area contributed by atoms with E-state index in [9.17, 15) is 9.59 Å². The van der Waals surface area contributed by atoms with Crippen LogP contribution in [-0.2, 0) is 23.8 Å². The van der Waals surface area contributed by atoms with Crippen molar-refractivity contribution in [1.82, 2.24) is 0 Å². The first-order chi connectivity index (χ1) is 7.47. The van der Waals surface area contributed by atoms with E-state index in [4.69, 9.17) is 9.47 Å². The van der Waals surface area contributed by atoms with Crippen molar-refractivity contribution in [2.45, 2.75) is 38.9 Å². The second kappa shape index (κ2) is 4.82. The van der Waals surface area contributed by atoms with Gasteiger partial charge in [0, 0.05) is 6.42 Å². The molecule has 3 atom stereocenters. The Balaban J connectivity index is 2.62. The normalized spacial score (nSPS) is 29.4. The van der Waals surface area contributed by atoms with Gasteiger partial charge in [-0.05, 0) is 13.8 Å². The third-order valence-corrected chi connectivity index (χ3v) is 2.82. The summed E-state index contributed by atoms with van der Waals surface area (Å²) < 4.78 is 14.9. The van der Waals surface area contributed by atoms with E-state index in [1.807, 2.05) is 0 Å². The smallest absolute Gasteiger partial charge is 0.341 e. The van der Waals surface area contributed by atoms with Crippen LogP contribution < -0.4 is 0 Å². The highest BCUT2D eigenvalue weighted by Crippen LogP contribution is 2.43. The maximum absolute atomic E-state index is 11.7. The maximum atomic E-state index is 11.7. The number of carbonyl (C=O) groups is 2. The first-order valence-corrected chi connectivity index (χ1v) is 5.40. The molecule has 1 rings (SSSR count). The first kappa shape index (κ1) is 13.0. The zero-order chi connectivity index (χ0) is 12.3. The zero-order valence-electron chi connectivity index (χ0n) is 10.1. The number of epoxide rings is 1. The second-order valence-electron chi connectivity index (χ2n) is 4.00. The third kappa shape index (κ3) is 2.35. The van der Waals surface area contributed by atoms with Crippen molar-refractivity contribution in [1.29, 1.82) is 0 Å². The van der Waals surface area contributed by atoms with Crippen molar-refractivity contribution >= 4 is 11.9 Å². The molecular weight excluding hydrogens is 212 g/mol. The van der Waals surface area contributed by atoms with E-state index in [2.05, 4.69) is 4.74 Å². The van der Waals surface area contributed by atoms with E-state index >= 15 is 0 Å². The van der Waals surface area contributed by atoms with Gasteiger partial charge in [-0.2, -0.15) is 0 Å². The molecular formula is C11H18O5. The second-order valence-corrected chi connectivity index (χ2v) is 4.00. The molecule has 3 unspecified atom stereocenters. The van der Waals surface area contributed by atoms with Gasteiger partial charge in [0.1, 0.15) is 0 Å². The maximum Gasteiger partial charge on any atom is 0.341 e. The predicted molar refractivity (Wildman–Crippen MR) is 55.7 cm³/mol. The summed E-state index contributed by atoms with van der Waals surface area (Å²) in [5, 5.41) is 0. The summed E-state index contributed by atoms with van der Waals surface area (Å²) in [7, 11) is 1.33. The lowest BCUT2D eigenvalue weighted by Crippen LogP contribution is -2.33. The number of hydrogen-bond donors (Lipinski definition) is 0. The zero-order valence-corrected chi connectivity index (χ0v) is 10.1. The lowest BCUT2D eigenvalue weighted by molar-refractivity contribution is -0.152. The minimum atomic E-state index is -0.941. The Morgan fingerprint density at radius 2 is 2.06 bits per heavy atom. The molecule has 1 saturated heterocycles. The molecule has 0 aliphatic carbocycles. The Morgan fingerprint density at radius 1 is 1.50 bits per heavy atom. The minimum Gasteiger partial charge on any atom is -0.469 e. The Bertz CT molecular complexity index is 288. The summed E-state index contributed by atoms with van der Waals surface area (Å²) >= 11 is 0. The number of rotatable bonds is 5. The van der Waals surface area contributed by atoms with E-state index < -0.39 is 11.6 Å². The van der Waals surface area contributed by atoms with Crippen LogP contribution in [0.3, 0.4) is 0 Å². The Kier molecular flexibility index (Phi) is 3.91. The van der Waals surface area contributed by atoms with Crippen LogP contribution in [0.1, 0.15) is 27.2 Å². The topological polar surface area (TPSA) is 65.1 Å². The average Bonchev–Trinajstić information content (AvgIpc) is 2.89.